The first-order valence-electron chi connectivity index (χ1n) is 6.34. The van der Waals surface area contributed by atoms with Crippen LogP contribution in [0.2, 0.25) is 0 Å². The summed E-state index contributed by atoms with van der Waals surface area (Å²) in [6.45, 7) is 0. The van der Waals surface area contributed by atoms with E-state index in [-0.39, 0.29) is 0 Å². The van der Waals surface area contributed by atoms with Crippen LogP contribution >= 0.6 is 15.9 Å². The van der Waals surface area contributed by atoms with Gasteiger partial charge in [-0.3, -0.25) is 4.79 Å². The average molecular weight is 347 g/mol. The first kappa shape index (κ1) is 13.8. The Balaban J connectivity index is 1.83. The van der Waals surface area contributed by atoms with Gasteiger partial charge >= 0.3 is 5.97 Å². The van der Waals surface area contributed by atoms with Gasteiger partial charge in [0.05, 0.1) is 5.92 Å². The van der Waals surface area contributed by atoms with Gasteiger partial charge in [-0.1, -0.05) is 40.2 Å². The monoisotopic (exact) mass is 346 g/mol. The zero-order chi connectivity index (χ0) is 14.8. The number of hydrogen-bond donors (Lipinski definition) is 1. The van der Waals surface area contributed by atoms with Crippen LogP contribution < -0.4 is 0 Å². The van der Waals surface area contributed by atoms with Crippen molar-refractivity contribution in [3.05, 3.63) is 52.9 Å². The molecule has 1 unspecified atom stereocenters. The molecule has 106 valence electrons. The summed E-state index contributed by atoms with van der Waals surface area (Å²) in [5.74, 6) is -0.492. The van der Waals surface area contributed by atoms with Gasteiger partial charge in [-0.2, -0.15) is 0 Å². The van der Waals surface area contributed by atoms with E-state index in [1.54, 1.807) is 18.2 Å². The molecule has 21 heavy (non-hydrogen) atoms. The second kappa shape index (κ2) is 5.65. The fraction of sp³-hybridized carbons (Fsp3) is 0.133. The van der Waals surface area contributed by atoms with Gasteiger partial charge in [0.1, 0.15) is 0 Å². The second-order valence-corrected chi connectivity index (χ2v) is 5.54. The summed E-state index contributed by atoms with van der Waals surface area (Å²) in [4.78, 5) is 10.9. The van der Waals surface area contributed by atoms with Crippen molar-refractivity contribution in [3.63, 3.8) is 0 Å². The van der Waals surface area contributed by atoms with E-state index < -0.39 is 11.9 Å². The highest BCUT2D eigenvalue weighted by Crippen LogP contribution is 2.27. The van der Waals surface area contributed by atoms with Crippen molar-refractivity contribution in [2.45, 2.75) is 6.42 Å². The van der Waals surface area contributed by atoms with Crippen molar-refractivity contribution in [2.24, 2.45) is 5.92 Å². The zero-order valence-electron chi connectivity index (χ0n) is 10.9. The van der Waals surface area contributed by atoms with Crippen LogP contribution in [0.3, 0.4) is 0 Å². The van der Waals surface area contributed by atoms with Crippen LogP contribution in [0, 0.1) is 5.92 Å². The Hall–Kier alpha value is -2.21. The van der Waals surface area contributed by atoms with Crippen molar-refractivity contribution in [1.29, 1.82) is 0 Å². The van der Waals surface area contributed by atoms with E-state index in [1.807, 2.05) is 24.3 Å². The minimum Gasteiger partial charge on any atom is -0.481 e. The highest BCUT2D eigenvalue weighted by molar-refractivity contribution is 9.10. The number of nitrogens with zero attached hydrogens (tertiary/aromatic N) is 2. The topological polar surface area (TPSA) is 76.2 Å². The summed E-state index contributed by atoms with van der Waals surface area (Å²) in [5, 5.41) is 17.0. The van der Waals surface area contributed by atoms with Gasteiger partial charge in [0.2, 0.25) is 11.8 Å². The molecule has 0 saturated heterocycles. The molecule has 1 aliphatic rings. The summed E-state index contributed by atoms with van der Waals surface area (Å²) >= 11 is 3.39. The number of aromatic nitrogens is 2. The first-order chi connectivity index (χ1) is 10.1. The Morgan fingerprint density at radius 2 is 2.14 bits per heavy atom. The molecule has 0 spiro atoms. The van der Waals surface area contributed by atoms with Crippen LogP contribution in [0.5, 0.6) is 0 Å². The normalized spacial score (nSPS) is 17.6. The van der Waals surface area contributed by atoms with E-state index >= 15 is 0 Å². The maximum Gasteiger partial charge on any atom is 0.310 e. The molecule has 5 nitrogen and oxygen atoms in total. The molecule has 1 heterocycles. The smallest absolute Gasteiger partial charge is 0.310 e. The Bertz CT molecular complexity index is 749. The molecular weight excluding hydrogens is 336 g/mol. The number of carboxylic acids is 1. The van der Waals surface area contributed by atoms with Gasteiger partial charge < -0.3 is 9.52 Å². The lowest BCUT2D eigenvalue weighted by Crippen LogP contribution is -2.11. The summed E-state index contributed by atoms with van der Waals surface area (Å²) in [6, 6.07) is 7.58. The molecule has 0 saturated carbocycles. The van der Waals surface area contributed by atoms with Crippen LogP contribution in [-0.4, -0.2) is 21.3 Å². The predicted molar refractivity (Wildman–Crippen MR) is 80.3 cm³/mol. The summed E-state index contributed by atoms with van der Waals surface area (Å²) in [7, 11) is 0. The van der Waals surface area contributed by atoms with E-state index in [1.165, 1.54) is 0 Å². The SMILES string of the molecule is O=C(O)C1C=CC(c2nnc(-c3cccc(Br)c3)o2)=CC1. The summed E-state index contributed by atoms with van der Waals surface area (Å²) < 4.78 is 6.58. The molecule has 0 bridgehead atoms. The molecule has 6 heteroatoms. The van der Waals surface area contributed by atoms with Gasteiger partial charge in [0, 0.05) is 15.6 Å². The zero-order valence-corrected chi connectivity index (χ0v) is 12.4. The molecular formula is C15H11BrN2O3. The van der Waals surface area contributed by atoms with E-state index in [4.69, 9.17) is 9.52 Å². The van der Waals surface area contributed by atoms with Crippen LogP contribution in [0.15, 0.2) is 51.4 Å². The number of rotatable bonds is 3. The number of carboxylic acid groups (broad SMARTS) is 1. The van der Waals surface area contributed by atoms with Crippen molar-refractivity contribution < 1.29 is 14.3 Å². The molecule has 0 radical (unpaired) electrons. The summed E-state index contributed by atoms with van der Waals surface area (Å²) in [6.07, 6.45) is 5.58. The number of halogens is 1. The predicted octanol–water partition coefficient (Wildman–Crippen LogP) is 3.54. The summed E-state index contributed by atoms with van der Waals surface area (Å²) in [5.41, 5.74) is 1.58. The minimum absolute atomic E-state index is 0.394. The van der Waals surface area contributed by atoms with Crippen molar-refractivity contribution >= 4 is 27.5 Å². The molecule has 0 fully saturated rings. The lowest BCUT2D eigenvalue weighted by Gasteiger charge is -2.09. The molecule has 1 N–H and O–H groups in total. The molecule has 0 amide bonds. The second-order valence-electron chi connectivity index (χ2n) is 4.62. The molecule has 3 rings (SSSR count). The van der Waals surface area contributed by atoms with Crippen LogP contribution in [-0.2, 0) is 4.79 Å². The number of allylic oxidation sites excluding steroid dienone is 3. The fourth-order valence-electron chi connectivity index (χ4n) is 2.04. The van der Waals surface area contributed by atoms with Gasteiger partial charge in [-0.25, -0.2) is 0 Å². The van der Waals surface area contributed by atoms with Gasteiger partial charge in [0.15, 0.2) is 0 Å². The highest BCUT2D eigenvalue weighted by Gasteiger charge is 2.19. The Kier molecular flexibility index (Phi) is 3.70. The van der Waals surface area contributed by atoms with Gasteiger partial charge in [-0.15, -0.1) is 10.2 Å². The molecule has 0 aliphatic heterocycles. The largest absolute Gasteiger partial charge is 0.481 e. The van der Waals surface area contributed by atoms with Crippen molar-refractivity contribution in [1.82, 2.24) is 10.2 Å². The third-order valence-electron chi connectivity index (χ3n) is 3.16. The van der Waals surface area contributed by atoms with E-state index in [9.17, 15) is 4.79 Å². The lowest BCUT2D eigenvalue weighted by atomic mass is 9.97. The molecule has 1 aromatic heterocycles. The van der Waals surface area contributed by atoms with E-state index in [0.717, 1.165) is 15.6 Å². The standard InChI is InChI=1S/C15H11BrN2O3/c16-12-3-1-2-11(8-12)14-18-17-13(21-14)9-4-6-10(7-5-9)15(19)20/h1-6,8,10H,7H2,(H,19,20). The maximum atomic E-state index is 10.9. The lowest BCUT2D eigenvalue weighted by molar-refractivity contribution is -0.139. The molecule has 1 aliphatic carbocycles. The van der Waals surface area contributed by atoms with Gasteiger partial charge in [-0.05, 0) is 24.6 Å². The fourth-order valence-corrected chi connectivity index (χ4v) is 2.44. The quantitative estimate of drug-likeness (QED) is 0.919. The van der Waals surface area contributed by atoms with Crippen molar-refractivity contribution in [3.8, 4) is 11.5 Å². The number of aliphatic carboxylic acids is 1. The highest BCUT2D eigenvalue weighted by atomic mass is 79.9. The van der Waals surface area contributed by atoms with Crippen LogP contribution in [0.1, 0.15) is 12.3 Å². The van der Waals surface area contributed by atoms with E-state index in [2.05, 4.69) is 26.1 Å². The first-order valence-corrected chi connectivity index (χ1v) is 7.14. The van der Waals surface area contributed by atoms with Crippen molar-refractivity contribution in [2.75, 3.05) is 0 Å². The molecule has 1 aromatic carbocycles. The number of carbonyl (C=O) groups is 1. The average Bonchev–Trinajstić information content (AvgIpc) is 2.97. The van der Waals surface area contributed by atoms with Crippen LogP contribution in [0.4, 0.5) is 0 Å². The Labute approximate surface area is 129 Å². The Morgan fingerprint density at radius 1 is 1.33 bits per heavy atom. The van der Waals surface area contributed by atoms with Crippen LogP contribution in [0.25, 0.3) is 17.0 Å². The third-order valence-corrected chi connectivity index (χ3v) is 3.65. The minimum atomic E-state index is -0.832. The van der Waals surface area contributed by atoms with Gasteiger partial charge in [0.25, 0.3) is 0 Å². The maximum absolute atomic E-state index is 10.9. The van der Waals surface area contributed by atoms with E-state index in [0.29, 0.717) is 18.2 Å². The number of benzene rings is 1. The molecule has 1 atom stereocenters. The number of hydrogen-bond acceptors (Lipinski definition) is 4. The Morgan fingerprint density at radius 3 is 2.81 bits per heavy atom. The third kappa shape index (κ3) is 2.95. The molecule has 2 aromatic rings.